The van der Waals surface area contributed by atoms with Crippen molar-refractivity contribution in [3.8, 4) is 0 Å². The summed E-state index contributed by atoms with van der Waals surface area (Å²) in [6, 6.07) is 0. The fourth-order valence-corrected chi connectivity index (χ4v) is 3.63. The molecule has 0 aliphatic carbocycles. The van der Waals surface area contributed by atoms with Crippen LogP contribution in [0.3, 0.4) is 0 Å². The van der Waals surface area contributed by atoms with Crippen molar-refractivity contribution in [2.75, 3.05) is 0 Å². The molecule has 0 saturated carbocycles. The van der Waals surface area contributed by atoms with Crippen molar-refractivity contribution in [2.24, 2.45) is 35.5 Å². The van der Waals surface area contributed by atoms with Gasteiger partial charge >= 0.3 is 0 Å². The molecule has 104 valence electrons. The minimum absolute atomic E-state index is 0.821. The highest BCUT2D eigenvalue weighted by atomic mass is 14.4. The summed E-state index contributed by atoms with van der Waals surface area (Å²) in [5, 5.41) is 0. The van der Waals surface area contributed by atoms with Gasteiger partial charge in [0.1, 0.15) is 0 Å². The SMILES string of the molecule is CCC(C)C(C)C(CC)C(C(C)C)C(C)CC. The Morgan fingerprint density at radius 1 is 0.647 bits per heavy atom. The van der Waals surface area contributed by atoms with Crippen LogP contribution in [0.15, 0.2) is 0 Å². The molecule has 5 unspecified atom stereocenters. The molecular formula is C17H36. The lowest BCUT2D eigenvalue weighted by Crippen LogP contribution is -2.33. The lowest BCUT2D eigenvalue weighted by molar-refractivity contribution is 0.0935. The van der Waals surface area contributed by atoms with Gasteiger partial charge in [-0.3, -0.25) is 0 Å². The first-order chi connectivity index (χ1) is 7.90. The molecule has 0 nitrogen and oxygen atoms in total. The van der Waals surface area contributed by atoms with Crippen molar-refractivity contribution in [1.29, 1.82) is 0 Å². The highest BCUT2D eigenvalue weighted by Crippen LogP contribution is 2.40. The molecule has 5 atom stereocenters. The smallest absolute Gasteiger partial charge is 0.0334 e. The van der Waals surface area contributed by atoms with Gasteiger partial charge in [0.2, 0.25) is 0 Å². The van der Waals surface area contributed by atoms with Gasteiger partial charge in [-0.05, 0) is 35.5 Å². The van der Waals surface area contributed by atoms with E-state index in [9.17, 15) is 0 Å². The summed E-state index contributed by atoms with van der Waals surface area (Å²) in [7, 11) is 0. The Hall–Kier alpha value is 0. The van der Waals surface area contributed by atoms with E-state index in [1.165, 1.54) is 19.3 Å². The maximum Gasteiger partial charge on any atom is -0.0334 e. The van der Waals surface area contributed by atoms with Gasteiger partial charge in [-0.15, -0.1) is 0 Å². The van der Waals surface area contributed by atoms with Crippen molar-refractivity contribution >= 4 is 0 Å². The number of rotatable bonds is 8. The predicted octanol–water partition coefficient (Wildman–Crippen LogP) is 6.01. The zero-order valence-corrected chi connectivity index (χ0v) is 13.6. The lowest BCUT2D eigenvalue weighted by Gasteiger charge is -2.40. The third-order valence-electron chi connectivity index (χ3n) is 5.25. The largest absolute Gasteiger partial charge is 0.0651 e. The molecule has 0 fully saturated rings. The van der Waals surface area contributed by atoms with Gasteiger partial charge in [-0.2, -0.15) is 0 Å². The van der Waals surface area contributed by atoms with E-state index in [-0.39, 0.29) is 0 Å². The molecule has 0 radical (unpaired) electrons. The van der Waals surface area contributed by atoms with E-state index >= 15 is 0 Å². The Bertz CT molecular complexity index is 182. The predicted molar refractivity (Wildman–Crippen MR) is 80.2 cm³/mol. The maximum atomic E-state index is 2.49. The van der Waals surface area contributed by atoms with E-state index in [2.05, 4.69) is 55.4 Å². The summed E-state index contributed by atoms with van der Waals surface area (Å²) in [5.74, 6) is 5.22. The van der Waals surface area contributed by atoms with Gasteiger partial charge < -0.3 is 0 Å². The van der Waals surface area contributed by atoms with Crippen molar-refractivity contribution in [2.45, 2.75) is 74.7 Å². The van der Waals surface area contributed by atoms with Crippen LogP contribution in [-0.2, 0) is 0 Å². The van der Waals surface area contributed by atoms with Crippen molar-refractivity contribution in [3.63, 3.8) is 0 Å². The van der Waals surface area contributed by atoms with Gasteiger partial charge in [0.25, 0.3) is 0 Å². The molecule has 0 spiro atoms. The summed E-state index contributed by atoms with van der Waals surface area (Å²) in [4.78, 5) is 0. The Morgan fingerprint density at radius 3 is 1.41 bits per heavy atom. The quantitative estimate of drug-likeness (QED) is 0.487. The van der Waals surface area contributed by atoms with Crippen molar-refractivity contribution in [3.05, 3.63) is 0 Å². The normalized spacial score (nSPS) is 21.0. The van der Waals surface area contributed by atoms with Gasteiger partial charge in [-0.1, -0.05) is 74.7 Å². The van der Waals surface area contributed by atoms with Gasteiger partial charge in [-0.25, -0.2) is 0 Å². The van der Waals surface area contributed by atoms with Crippen molar-refractivity contribution < 1.29 is 0 Å². The van der Waals surface area contributed by atoms with E-state index < -0.39 is 0 Å². The number of hydrogen-bond donors (Lipinski definition) is 0. The standard InChI is InChI=1S/C17H36/c1-9-13(6)15(8)16(11-3)17(12(4)5)14(7)10-2/h12-17H,9-11H2,1-8H3. The first kappa shape index (κ1) is 17.0. The second-order valence-electron chi connectivity index (χ2n) is 6.52. The van der Waals surface area contributed by atoms with E-state index in [0.29, 0.717) is 0 Å². The van der Waals surface area contributed by atoms with E-state index in [4.69, 9.17) is 0 Å². The van der Waals surface area contributed by atoms with Crippen LogP contribution in [0.25, 0.3) is 0 Å². The molecule has 0 aromatic carbocycles. The zero-order chi connectivity index (χ0) is 13.6. The van der Waals surface area contributed by atoms with Crippen molar-refractivity contribution in [1.82, 2.24) is 0 Å². The van der Waals surface area contributed by atoms with Crippen LogP contribution < -0.4 is 0 Å². The first-order valence-corrected chi connectivity index (χ1v) is 7.90. The minimum Gasteiger partial charge on any atom is -0.0651 e. The van der Waals surface area contributed by atoms with Gasteiger partial charge in [0, 0.05) is 0 Å². The van der Waals surface area contributed by atoms with Crippen LogP contribution in [0, 0.1) is 35.5 Å². The fourth-order valence-electron chi connectivity index (χ4n) is 3.63. The zero-order valence-electron chi connectivity index (χ0n) is 13.6. The fraction of sp³-hybridized carbons (Fsp3) is 1.00. The van der Waals surface area contributed by atoms with Crippen LogP contribution in [0.5, 0.6) is 0 Å². The first-order valence-electron chi connectivity index (χ1n) is 7.90. The van der Waals surface area contributed by atoms with Crippen LogP contribution >= 0.6 is 0 Å². The summed E-state index contributed by atoms with van der Waals surface area (Å²) in [5.41, 5.74) is 0. The van der Waals surface area contributed by atoms with Crippen LogP contribution in [0.4, 0.5) is 0 Å². The summed E-state index contributed by atoms with van der Waals surface area (Å²) >= 11 is 0. The Balaban J connectivity index is 4.89. The van der Waals surface area contributed by atoms with E-state index in [1.807, 2.05) is 0 Å². The average molecular weight is 240 g/mol. The molecule has 17 heavy (non-hydrogen) atoms. The summed E-state index contributed by atoms with van der Waals surface area (Å²) < 4.78 is 0. The molecule has 0 heterocycles. The third-order valence-corrected chi connectivity index (χ3v) is 5.25. The minimum atomic E-state index is 0.821. The van der Waals surface area contributed by atoms with Crippen LogP contribution in [0.1, 0.15) is 74.7 Å². The molecule has 0 heteroatoms. The van der Waals surface area contributed by atoms with Gasteiger partial charge in [0.15, 0.2) is 0 Å². The topological polar surface area (TPSA) is 0 Å². The molecule has 0 aromatic rings. The van der Waals surface area contributed by atoms with E-state index in [0.717, 1.165) is 35.5 Å². The second kappa shape index (κ2) is 8.16. The monoisotopic (exact) mass is 240 g/mol. The maximum absolute atomic E-state index is 2.49. The average Bonchev–Trinajstić information content (AvgIpc) is 2.32. The van der Waals surface area contributed by atoms with Gasteiger partial charge in [0.05, 0.1) is 0 Å². The molecule has 0 bridgehead atoms. The summed E-state index contributed by atoms with van der Waals surface area (Å²) in [6.45, 7) is 19.3. The van der Waals surface area contributed by atoms with Crippen LogP contribution in [-0.4, -0.2) is 0 Å². The molecule has 0 rings (SSSR count). The molecule has 0 aromatic heterocycles. The lowest BCUT2D eigenvalue weighted by atomic mass is 9.66. The molecule has 0 N–H and O–H groups in total. The molecule has 0 aliphatic rings. The molecule has 0 amide bonds. The molecular weight excluding hydrogens is 204 g/mol. The number of hydrogen-bond acceptors (Lipinski definition) is 0. The third kappa shape index (κ3) is 4.64. The Labute approximate surface area is 111 Å². The second-order valence-corrected chi connectivity index (χ2v) is 6.52. The highest BCUT2D eigenvalue weighted by molar-refractivity contribution is 4.81. The Kier molecular flexibility index (Phi) is 8.16. The molecule has 0 aliphatic heterocycles. The van der Waals surface area contributed by atoms with Crippen LogP contribution in [0.2, 0.25) is 0 Å². The van der Waals surface area contributed by atoms with E-state index in [1.54, 1.807) is 0 Å². The molecule has 0 saturated heterocycles. The Morgan fingerprint density at radius 2 is 1.12 bits per heavy atom. The highest BCUT2D eigenvalue weighted by Gasteiger charge is 2.32. The summed E-state index contributed by atoms with van der Waals surface area (Å²) in [6.07, 6.45) is 3.99.